The van der Waals surface area contributed by atoms with Crippen molar-refractivity contribution in [2.45, 2.75) is 19.3 Å². The van der Waals surface area contributed by atoms with Crippen LogP contribution in [0.3, 0.4) is 0 Å². The van der Waals surface area contributed by atoms with Crippen LogP contribution < -0.4 is 0 Å². The van der Waals surface area contributed by atoms with Gasteiger partial charge in [0.25, 0.3) is 0 Å². The maximum absolute atomic E-state index is 5.36. The average Bonchev–Trinajstić information content (AvgIpc) is 3.74. The van der Waals surface area contributed by atoms with Crippen molar-refractivity contribution in [2.24, 2.45) is 0 Å². The lowest BCUT2D eigenvalue weighted by molar-refractivity contribution is 0.658. The highest BCUT2D eigenvalue weighted by atomic mass is 32.1. The van der Waals surface area contributed by atoms with Gasteiger partial charge in [0.2, 0.25) is 0 Å². The quantitative estimate of drug-likeness (QED) is 0.197. The molecule has 1 aliphatic rings. The van der Waals surface area contributed by atoms with E-state index < -0.39 is 0 Å². The Labute approximate surface area is 276 Å². The summed E-state index contributed by atoms with van der Waals surface area (Å²) in [5.74, 6) is 0.751. The third kappa shape index (κ3) is 3.73. The highest BCUT2D eigenvalue weighted by molar-refractivity contribution is 7.26. The molecule has 0 N–H and O–H groups in total. The fraction of sp³-hybridized carbons (Fsp3) is 0.0698. The minimum Gasteiger partial charge on any atom is -0.309 e. The van der Waals surface area contributed by atoms with E-state index in [0.29, 0.717) is 0 Å². The molecule has 0 amide bonds. The molecule has 4 heteroatoms. The zero-order valence-electron chi connectivity index (χ0n) is 26.0. The van der Waals surface area contributed by atoms with E-state index >= 15 is 0 Å². The molecular weight excluding hydrogens is 591 g/mol. The monoisotopic (exact) mass is 619 g/mol. The van der Waals surface area contributed by atoms with Crippen LogP contribution in [0.25, 0.3) is 81.6 Å². The molecular formula is C43H29N3S. The Bertz CT molecular complexity index is 2710. The van der Waals surface area contributed by atoms with Crippen LogP contribution in [0.4, 0.5) is 0 Å². The second-order valence-corrected chi connectivity index (χ2v) is 14.0. The van der Waals surface area contributed by atoms with E-state index in [2.05, 4.69) is 152 Å². The van der Waals surface area contributed by atoms with Crippen LogP contribution in [-0.2, 0) is 5.41 Å². The Hall–Kier alpha value is -5.58. The third-order valence-electron chi connectivity index (χ3n) is 9.98. The fourth-order valence-electron chi connectivity index (χ4n) is 7.85. The minimum atomic E-state index is -0.244. The smallest absolute Gasteiger partial charge is 0.160 e. The number of fused-ring (bicyclic) bond motifs is 10. The predicted molar refractivity (Wildman–Crippen MR) is 198 cm³/mol. The molecule has 9 aromatic rings. The summed E-state index contributed by atoms with van der Waals surface area (Å²) in [6.45, 7) is 4.61. The van der Waals surface area contributed by atoms with Crippen LogP contribution in [0.2, 0.25) is 0 Å². The van der Waals surface area contributed by atoms with Crippen molar-refractivity contribution in [3.8, 4) is 39.6 Å². The van der Waals surface area contributed by atoms with E-state index in [1.165, 1.54) is 58.7 Å². The largest absolute Gasteiger partial charge is 0.309 e. The molecule has 10 rings (SSSR count). The molecule has 3 nitrogen and oxygen atoms in total. The van der Waals surface area contributed by atoms with Crippen molar-refractivity contribution >= 4 is 53.3 Å². The van der Waals surface area contributed by atoms with Crippen molar-refractivity contribution in [1.29, 1.82) is 0 Å². The summed E-state index contributed by atoms with van der Waals surface area (Å²) in [7, 11) is 0. The first-order valence-corrected chi connectivity index (χ1v) is 16.9. The van der Waals surface area contributed by atoms with Crippen molar-refractivity contribution < 1.29 is 0 Å². The van der Waals surface area contributed by atoms with Gasteiger partial charge >= 0.3 is 0 Å². The fourth-order valence-corrected chi connectivity index (χ4v) is 9.11. The second kappa shape index (κ2) is 9.71. The van der Waals surface area contributed by atoms with E-state index in [1.807, 2.05) is 17.4 Å². The van der Waals surface area contributed by atoms with Crippen molar-refractivity contribution in [3.63, 3.8) is 0 Å². The molecule has 6 aromatic carbocycles. The Morgan fingerprint density at radius 1 is 0.574 bits per heavy atom. The lowest BCUT2D eigenvalue weighted by Gasteiger charge is -2.24. The molecule has 0 spiro atoms. The third-order valence-corrected chi connectivity index (χ3v) is 11.2. The first kappa shape index (κ1) is 26.6. The molecule has 3 aromatic heterocycles. The number of aromatic nitrogens is 3. The molecule has 3 heterocycles. The molecule has 1 aliphatic carbocycles. The summed E-state index contributed by atoms with van der Waals surface area (Å²) in [5, 5.41) is 5.23. The minimum absolute atomic E-state index is 0.244. The number of para-hydroxylation sites is 1. The van der Waals surface area contributed by atoms with Gasteiger partial charge in [-0.15, -0.1) is 11.3 Å². The van der Waals surface area contributed by atoms with Crippen LogP contribution in [0.15, 0.2) is 140 Å². The Balaban J connectivity index is 1.25. The molecule has 47 heavy (non-hydrogen) atoms. The summed E-state index contributed by atoms with van der Waals surface area (Å²) in [5.41, 5.74) is 11.1. The molecule has 0 fully saturated rings. The molecule has 0 aliphatic heterocycles. The summed E-state index contributed by atoms with van der Waals surface area (Å²) in [6.07, 6.45) is 0. The van der Waals surface area contributed by atoms with Crippen molar-refractivity contribution in [2.75, 3.05) is 0 Å². The molecule has 0 unspecified atom stereocenters. The van der Waals surface area contributed by atoms with Gasteiger partial charge < -0.3 is 4.57 Å². The lowest BCUT2D eigenvalue weighted by Crippen LogP contribution is -2.17. The van der Waals surface area contributed by atoms with Crippen LogP contribution in [0.5, 0.6) is 0 Å². The molecule has 0 radical (unpaired) electrons. The first-order chi connectivity index (χ1) is 23.1. The number of rotatable bonds is 3. The van der Waals surface area contributed by atoms with Crippen LogP contribution in [-0.4, -0.2) is 14.5 Å². The van der Waals surface area contributed by atoms with Gasteiger partial charge in [-0.2, -0.15) is 0 Å². The predicted octanol–water partition coefficient (Wildman–Crippen LogP) is 11.6. The summed E-state index contributed by atoms with van der Waals surface area (Å²) < 4.78 is 5.09. The molecule has 0 saturated carbocycles. The summed E-state index contributed by atoms with van der Waals surface area (Å²) in [6, 6.07) is 50.1. The van der Waals surface area contributed by atoms with E-state index in [9.17, 15) is 0 Å². The number of thiophene rings is 1. The Kier molecular flexibility index (Phi) is 5.50. The SMILES string of the molecule is CC1(C)c2ccccc2-c2nc(-c3ccccc3)nc(-c3cccc(-n4c5ccccc5c5c6sc7ccccc7c6ccc54)c3)c21. The molecule has 0 atom stereocenters. The summed E-state index contributed by atoms with van der Waals surface area (Å²) >= 11 is 1.89. The summed E-state index contributed by atoms with van der Waals surface area (Å²) in [4.78, 5) is 10.6. The Morgan fingerprint density at radius 2 is 1.30 bits per heavy atom. The van der Waals surface area contributed by atoms with E-state index in [0.717, 1.165) is 34.0 Å². The first-order valence-electron chi connectivity index (χ1n) is 16.1. The number of nitrogens with zero attached hydrogens (tertiary/aromatic N) is 3. The van der Waals surface area contributed by atoms with Gasteiger partial charge in [0.15, 0.2) is 5.82 Å². The van der Waals surface area contributed by atoms with Gasteiger partial charge in [-0.3, -0.25) is 0 Å². The second-order valence-electron chi connectivity index (χ2n) is 13.0. The van der Waals surface area contributed by atoms with Gasteiger partial charge in [0, 0.05) is 64.3 Å². The topological polar surface area (TPSA) is 30.7 Å². The zero-order chi connectivity index (χ0) is 31.3. The lowest BCUT2D eigenvalue weighted by atomic mass is 9.81. The number of hydrogen-bond acceptors (Lipinski definition) is 3. The highest BCUT2D eigenvalue weighted by Gasteiger charge is 2.40. The molecule has 0 bridgehead atoms. The zero-order valence-corrected chi connectivity index (χ0v) is 26.8. The van der Waals surface area contributed by atoms with Gasteiger partial charge in [0.05, 0.1) is 22.4 Å². The van der Waals surface area contributed by atoms with Crippen LogP contribution >= 0.6 is 11.3 Å². The average molecular weight is 620 g/mol. The number of hydrogen-bond donors (Lipinski definition) is 0. The normalized spacial score (nSPS) is 13.5. The maximum Gasteiger partial charge on any atom is 0.160 e. The van der Waals surface area contributed by atoms with Crippen LogP contribution in [0, 0.1) is 0 Å². The molecule has 0 saturated heterocycles. The van der Waals surface area contributed by atoms with E-state index in [-0.39, 0.29) is 5.41 Å². The van der Waals surface area contributed by atoms with Gasteiger partial charge in [-0.25, -0.2) is 9.97 Å². The van der Waals surface area contributed by atoms with Crippen molar-refractivity contribution in [1.82, 2.24) is 14.5 Å². The Morgan fingerprint density at radius 3 is 2.19 bits per heavy atom. The number of benzene rings is 6. The van der Waals surface area contributed by atoms with Gasteiger partial charge in [-0.05, 0) is 35.9 Å². The maximum atomic E-state index is 5.36. The highest BCUT2D eigenvalue weighted by Crippen LogP contribution is 2.51. The van der Waals surface area contributed by atoms with E-state index in [4.69, 9.17) is 9.97 Å². The molecule has 222 valence electrons. The van der Waals surface area contributed by atoms with Crippen LogP contribution in [0.1, 0.15) is 25.0 Å². The standard InChI is InChI=1S/C43H29N3S/c1-43(2)33-20-9-6-18-31(33)40-38(43)39(44-42(45-40)26-13-4-3-5-14-26)27-15-12-16-28(25-27)46-34-21-10-7-19-32(34)37-35(46)24-23-30-29-17-8-11-22-36(29)47-41(30)37/h3-25H,1-2H3. The van der Waals surface area contributed by atoms with Gasteiger partial charge in [-0.1, -0.05) is 123 Å². The van der Waals surface area contributed by atoms with E-state index in [1.54, 1.807) is 0 Å². The van der Waals surface area contributed by atoms with Crippen molar-refractivity contribution in [3.05, 3.63) is 151 Å². The van der Waals surface area contributed by atoms with Gasteiger partial charge in [0.1, 0.15) is 0 Å².